The molecule has 0 spiro atoms. The lowest BCUT2D eigenvalue weighted by Gasteiger charge is -2.32. The van der Waals surface area contributed by atoms with Gasteiger partial charge in [-0.15, -0.1) is 11.8 Å². The van der Waals surface area contributed by atoms with Crippen LogP contribution in [0.3, 0.4) is 0 Å². The largest absolute Gasteiger partial charge is 0.508 e. The van der Waals surface area contributed by atoms with Crippen molar-refractivity contribution in [1.82, 2.24) is 63.4 Å². The Morgan fingerprint density at radius 3 is 1.82 bits per heavy atom. The molecule has 2 aliphatic heterocycles. The number of nitrogens with one attached hydrogen (secondary N) is 11. The summed E-state index contributed by atoms with van der Waals surface area (Å²) in [5.41, 5.74) is 33.6. The van der Waals surface area contributed by atoms with E-state index in [0.717, 1.165) is 18.7 Å². The zero-order chi connectivity index (χ0) is 70.4. The molecule has 522 valence electrons. The van der Waals surface area contributed by atoms with Gasteiger partial charge in [-0.1, -0.05) is 26.0 Å². The maximum Gasteiger partial charge on any atom is 0.245 e. The first-order valence-electron chi connectivity index (χ1n) is 30.5. The fourth-order valence-electron chi connectivity index (χ4n) is 9.66. The van der Waals surface area contributed by atoms with Crippen LogP contribution < -0.4 is 92.9 Å². The van der Waals surface area contributed by atoms with Crippen molar-refractivity contribution in [3.8, 4) is 5.75 Å². The summed E-state index contributed by atoms with van der Waals surface area (Å²) < 4.78 is 0. The number of nitrogens with zero attached hydrogens (tertiary/aromatic N) is 2. The molecule has 0 unspecified atom stereocenters. The zero-order valence-corrected chi connectivity index (χ0v) is 53.8. The maximum atomic E-state index is 14.7. The number of phenolic OH excluding ortho intramolecular Hbond substituents is 1. The number of hydrogen-bond acceptors (Lipinski definition) is 20. The highest BCUT2D eigenvalue weighted by Crippen LogP contribution is 2.22. The first-order valence-corrected chi connectivity index (χ1v) is 31.7. The molecular formula is C57H91N19O17S. The van der Waals surface area contributed by atoms with Gasteiger partial charge >= 0.3 is 0 Å². The molecule has 2 aliphatic rings. The van der Waals surface area contributed by atoms with Crippen molar-refractivity contribution < 1.29 is 82.1 Å². The summed E-state index contributed by atoms with van der Waals surface area (Å²) >= 11 is 0.797. The Hall–Kier alpha value is -9.39. The second-order valence-electron chi connectivity index (χ2n) is 23.0. The third-order valence-electron chi connectivity index (χ3n) is 14.6. The molecule has 2 fully saturated rings. The van der Waals surface area contributed by atoms with E-state index in [2.05, 4.69) is 63.5 Å². The molecule has 1 aromatic rings. The van der Waals surface area contributed by atoms with Crippen LogP contribution in [0.4, 0.5) is 0 Å². The number of rotatable bonds is 19. The number of fused-ring (bicyclic) bond motifs is 1. The second-order valence-corrected chi connectivity index (χ2v) is 24.0. The van der Waals surface area contributed by atoms with E-state index >= 15 is 0 Å². The Morgan fingerprint density at radius 2 is 1.20 bits per heavy atom. The molecule has 0 radical (unpaired) electrons. The van der Waals surface area contributed by atoms with Gasteiger partial charge in [-0.05, 0) is 102 Å². The number of carbonyl (C=O) groups is 15. The second kappa shape index (κ2) is 39.9. The third kappa shape index (κ3) is 28.2. The molecule has 1 aromatic carbocycles. The van der Waals surface area contributed by atoms with Crippen LogP contribution in [0.25, 0.3) is 0 Å². The number of aromatic hydroxyl groups is 1. The number of carbonyl (C=O) groups excluding carboxylic acids is 15. The van der Waals surface area contributed by atoms with E-state index < -0.39 is 193 Å². The molecule has 2 heterocycles. The molecule has 0 bridgehead atoms. The molecular weight excluding hydrogens is 1250 g/mol. The van der Waals surface area contributed by atoms with Gasteiger partial charge in [0.25, 0.3) is 0 Å². The Labute approximate surface area is 546 Å². The topological polar surface area (TPSA) is 601 Å². The number of aliphatic imine (C=N–C) groups is 1. The standard InChI is InChI=1S/C57H91N19O17S/c1-28(2)21-36-52(89)72-35(9-5-6-18-58)56(93)76-20-8-11-40(76)54(91)75-46(30(4)77)55(92)74-38(23-42(60)80)53(90)71-34(16-17-41(59)79)49(86)66-24-43(81)65-25-44(82)69-39(47(61)84)26-94-27-45(83)68-37(22-31-12-14-32(78)15-13-31)51(88)67-29(3)48(85)70-33(50(87)73-36)10-7-19-64-57(62)63/h12-15,28-30,33-40,46,77-78H,5-11,16-27,58H2,1-4H3,(H2,59,79)(H2,60,80)(H2,61,84)(H,65,81)(H,66,86)(H,67,88)(H,68,83)(H,69,82)(H,70,85)(H,71,90)(H,72,89)(H,73,87)(H,74,92)(H,75,91)(H4,62,63,64)/t29-,30+,33-,34-,35-,36-,37-,38-,39-,40-,46-/m0/s1. The minimum absolute atomic E-state index is 0.00594. The summed E-state index contributed by atoms with van der Waals surface area (Å²) in [6.45, 7) is 4.42. The van der Waals surface area contributed by atoms with Crippen molar-refractivity contribution >= 4 is 106 Å². The van der Waals surface area contributed by atoms with E-state index in [0.29, 0.717) is 18.4 Å². The molecule has 2 saturated heterocycles. The van der Waals surface area contributed by atoms with E-state index in [1.807, 2.05) is 0 Å². The van der Waals surface area contributed by atoms with Crippen molar-refractivity contribution in [3.05, 3.63) is 29.8 Å². The minimum Gasteiger partial charge on any atom is -0.508 e. The van der Waals surface area contributed by atoms with Gasteiger partial charge in [0.2, 0.25) is 88.6 Å². The lowest BCUT2D eigenvalue weighted by molar-refractivity contribution is -0.143. The Balaban J connectivity index is 2.11. The van der Waals surface area contributed by atoms with E-state index in [1.165, 1.54) is 36.1 Å². The summed E-state index contributed by atoms with van der Waals surface area (Å²) in [6, 6.07) is -9.59. The average Bonchev–Trinajstić information content (AvgIpc) is 1.66. The Bertz CT molecular complexity index is 2900. The monoisotopic (exact) mass is 1350 g/mol. The van der Waals surface area contributed by atoms with Crippen molar-refractivity contribution in [2.24, 2.45) is 45.3 Å². The van der Waals surface area contributed by atoms with Crippen LogP contribution in [0.1, 0.15) is 104 Å². The van der Waals surface area contributed by atoms with Gasteiger partial charge in [-0.2, -0.15) is 0 Å². The summed E-state index contributed by atoms with van der Waals surface area (Å²) in [5.74, 6) is -16.1. The first-order chi connectivity index (χ1) is 44.3. The highest BCUT2D eigenvalue weighted by atomic mass is 32.2. The fourth-order valence-corrected chi connectivity index (χ4v) is 10.5. The van der Waals surface area contributed by atoms with Gasteiger partial charge in [-0.25, -0.2) is 0 Å². The van der Waals surface area contributed by atoms with E-state index in [4.69, 9.17) is 34.4 Å². The molecule has 25 N–H and O–H groups in total. The number of guanidine groups is 1. The first kappa shape index (κ1) is 78.9. The summed E-state index contributed by atoms with van der Waals surface area (Å²) in [4.78, 5) is 208. The van der Waals surface area contributed by atoms with Crippen molar-refractivity contribution in [3.63, 3.8) is 0 Å². The number of benzene rings is 1. The number of nitrogens with two attached hydrogens (primary N) is 6. The van der Waals surface area contributed by atoms with Gasteiger partial charge in [0.1, 0.15) is 66.2 Å². The normalized spacial score (nSPS) is 25.0. The van der Waals surface area contributed by atoms with Crippen molar-refractivity contribution in [1.29, 1.82) is 0 Å². The highest BCUT2D eigenvalue weighted by Gasteiger charge is 2.41. The summed E-state index contributed by atoms with van der Waals surface area (Å²) in [6.07, 6.45) is -2.98. The quantitative estimate of drug-likeness (QED) is 0.0347. The van der Waals surface area contributed by atoms with E-state index in [1.54, 1.807) is 13.8 Å². The van der Waals surface area contributed by atoms with Gasteiger partial charge < -0.3 is 108 Å². The number of unbranched alkanes of at least 4 members (excludes halogenated alkanes) is 1. The highest BCUT2D eigenvalue weighted by molar-refractivity contribution is 8.00. The number of amides is 15. The number of primary amides is 3. The number of phenols is 1. The molecule has 94 heavy (non-hydrogen) atoms. The van der Waals surface area contributed by atoms with Crippen LogP contribution in [-0.4, -0.2) is 220 Å². The average molecular weight is 1350 g/mol. The minimum atomic E-state index is -1.92. The van der Waals surface area contributed by atoms with Gasteiger partial charge in [0, 0.05) is 31.7 Å². The summed E-state index contributed by atoms with van der Waals surface area (Å²) in [5, 5.41) is 47.5. The van der Waals surface area contributed by atoms with Crippen LogP contribution in [0.5, 0.6) is 5.75 Å². The molecule has 0 aromatic heterocycles. The van der Waals surface area contributed by atoms with E-state index in [-0.39, 0.29) is 88.0 Å². The van der Waals surface area contributed by atoms with Crippen molar-refractivity contribution in [2.45, 2.75) is 171 Å². The Kier molecular flexibility index (Phi) is 33.5. The third-order valence-corrected chi connectivity index (χ3v) is 15.6. The lowest BCUT2D eigenvalue weighted by Crippen LogP contribution is -2.62. The maximum absolute atomic E-state index is 14.7. The number of thioether (sulfide) groups is 1. The number of aliphatic hydroxyl groups is 1. The number of aliphatic hydroxyl groups excluding tert-OH is 1. The molecule has 11 atom stereocenters. The molecule has 0 aliphatic carbocycles. The van der Waals surface area contributed by atoms with Gasteiger partial charge in [0.15, 0.2) is 5.96 Å². The number of hydrogen-bond donors (Lipinski definition) is 19. The molecule has 0 saturated carbocycles. The predicted molar refractivity (Wildman–Crippen MR) is 338 cm³/mol. The van der Waals surface area contributed by atoms with Crippen LogP contribution >= 0.6 is 11.8 Å². The molecule has 37 heteroatoms. The lowest BCUT2D eigenvalue weighted by atomic mass is 10.0. The SMILES string of the molecule is CC(C)C[C@@H]1NC(=O)[C@H](CCCN=C(N)N)NC(=O)[C@H](C)NC(=O)[C@H](Cc2ccc(O)cc2)NC(=O)CSC[C@@H](C(N)=O)NC(=O)CNC(=O)CNC(=O)[C@H](CCC(N)=O)NC(=O)[C@H](CC(N)=O)NC(=O)[C@H]([C@@H](C)O)NC(=O)[C@@H]2CCCN2C(=O)[C@H](CCCCN)NC1=O. The van der Waals surface area contributed by atoms with Crippen LogP contribution in [0, 0.1) is 5.92 Å². The van der Waals surface area contributed by atoms with Gasteiger partial charge in [-0.3, -0.25) is 76.9 Å². The van der Waals surface area contributed by atoms with Crippen LogP contribution in [0.2, 0.25) is 0 Å². The fraction of sp³-hybridized carbons (Fsp3) is 0.614. The Morgan fingerprint density at radius 1 is 0.617 bits per heavy atom. The molecule has 3 rings (SSSR count). The molecule has 15 amide bonds. The smallest absolute Gasteiger partial charge is 0.245 e. The van der Waals surface area contributed by atoms with Crippen LogP contribution in [0.15, 0.2) is 29.3 Å². The molecule has 36 nitrogen and oxygen atoms in total. The van der Waals surface area contributed by atoms with Crippen molar-refractivity contribution in [2.75, 3.05) is 44.2 Å². The predicted octanol–water partition coefficient (Wildman–Crippen LogP) is -8.48. The van der Waals surface area contributed by atoms with E-state index in [9.17, 15) is 82.1 Å². The van der Waals surface area contributed by atoms with Crippen LogP contribution in [-0.2, 0) is 78.3 Å². The summed E-state index contributed by atoms with van der Waals surface area (Å²) in [7, 11) is 0. The van der Waals surface area contributed by atoms with Gasteiger partial charge in [0.05, 0.1) is 31.4 Å². The zero-order valence-electron chi connectivity index (χ0n) is 53.0.